The van der Waals surface area contributed by atoms with E-state index in [0.29, 0.717) is 15.0 Å². The summed E-state index contributed by atoms with van der Waals surface area (Å²) in [6, 6.07) is 5.19. The van der Waals surface area contributed by atoms with Gasteiger partial charge in [-0.2, -0.15) is 0 Å². The maximum atomic E-state index is 10.9. The number of thiazole rings is 1. The Morgan fingerprint density at radius 2 is 2.16 bits per heavy atom. The third-order valence-electron chi connectivity index (χ3n) is 2.64. The number of carbonyl (C=O) groups is 1. The Morgan fingerprint density at radius 3 is 2.84 bits per heavy atom. The highest BCUT2D eigenvalue weighted by atomic mass is 35.5. The number of carboxylic acids is 1. The minimum atomic E-state index is -1.05. The van der Waals surface area contributed by atoms with Gasteiger partial charge in [0.2, 0.25) is 0 Å². The third kappa shape index (κ3) is 2.10. The van der Waals surface area contributed by atoms with Crippen LogP contribution in [0.4, 0.5) is 0 Å². The van der Waals surface area contributed by atoms with Gasteiger partial charge in [0.15, 0.2) is 10.7 Å². The van der Waals surface area contributed by atoms with Crippen LogP contribution in [0.3, 0.4) is 0 Å². The van der Waals surface area contributed by atoms with E-state index in [-0.39, 0.29) is 5.69 Å². The largest absolute Gasteiger partial charge is 0.476 e. The zero-order valence-electron chi connectivity index (χ0n) is 9.30. The fourth-order valence-corrected chi connectivity index (χ4v) is 3.16. The number of aromatic carboxylic acids is 1. The molecule has 0 unspecified atom stereocenters. The summed E-state index contributed by atoms with van der Waals surface area (Å²) in [5.74, 6) is -1.05. The summed E-state index contributed by atoms with van der Waals surface area (Å²) in [4.78, 5) is 15.5. The van der Waals surface area contributed by atoms with Gasteiger partial charge in [0.1, 0.15) is 0 Å². The van der Waals surface area contributed by atoms with Crippen molar-refractivity contribution in [1.82, 2.24) is 9.38 Å². The predicted molar refractivity (Wildman–Crippen MR) is 75.5 cm³/mol. The first-order chi connectivity index (χ1) is 9.06. The normalized spacial score (nSPS) is 11.1. The van der Waals surface area contributed by atoms with Crippen LogP contribution in [0.1, 0.15) is 10.5 Å². The monoisotopic (exact) mass is 312 g/mol. The zero-order valence-corrected chi connectivity index (χ0v) is 11.6. The highest BCUT2D eigenvalue weighted by Gasteiger charge is 2.15. The van der Waals surface area contributed by atoms with Crippen molar-refractivity contribution >= 4 is 45.5 Å². The first-order valence-corrected chi connectivity index (χ1v) is 6.85. The van der Waals surface area contributed by atoms with Gasteiger partial charge >= 0.3 is 5.97 Å². The standard InChI is InChI=1S/C12H6Cl2N2O2S/c13-6-1-2-7(8(14)3-6)10-5-19-12-15-9(11(17)18)4-16(10)12/h1-5H,(H,17,18). The van der Waals surface area contributed by atoms with E-state index in [0.717, 1.165) is 11.3 Å². The van der Waals surface area contributed by atoms with E-state index in [1.165, 1.54) is 17.5 Å². The third-order valence-corrected chi connectivity index (χ3v) is 4.02. The molecule has 1 N–H and O–H groups in total. The molecular weight excluding hydrogens is 307 g/mol. The van der Waals surface area contributed by atoms with Crippen LogP contribution in [-0.4, -0.2) is 20.5 Å². The van der Waals surface area contributed by atoms with Crippen LogP contribution in [-0.2, 0) is 0 Å². The maximum absolute atomic E-state index is 10.9. The van der Waals surface area contributed by atoms with Crippen molar-refractivity contribution in [3.63, 3.8) is 0 Å². The summed E-state index contributed by atoms with van der Waals surface area (Å²) < 4.78 is 1.71. The van der Waals surface area contributed by atoms with Gasteiger partial charge in [-0.1, -0.05) is 23.2 Å². The molecule has 0 aliphatic carbocycles. The molecule has 1 aromatic carbocycles. The lowest BCUT2D eigenvalue weighted by Gasteiger charge is -2.03. The highest BCUT2D eigenvalue weighted by Crippen LogP contribution is 2.33. The van der Waals surface area contributed by atoms with Gasteiger partial charge in [0.25, 0.3) is 0 Å². The Balaban J connectivity index is 2.21. The molecule has 19 heavy (non-hydrogen) atoms. The topological polar surface area (TPSA) is 54.6 Å². The SMILES string of the molecule is O=C(O)c1cn2c(-c3ccc(Cl)cc3Cl)csc2n1. The Labute approximate surface area is 121 Å². The van der Waals surface area contributed by atoms with Crippen molar-refractivity contribution < 1.29 is 9.90 Å². The van der Waals surface area contributed by atoms with Crippen LogP contribution >= 0.6 is 34.5 Å². The van der Waals surface area contributed by atoms with E-state index >= 15 is 0 Å². The molecule has 0 radical (unpaired) electrons. The van der Waals surface area contributed by atoms with E-state index in [9.17, 15) is 4.79 Å². The van der Waals surface area contributed by atoms with Gasteiger partial charge in [0, 0.05) is 22.2 Å². The maximum Gasteiger partial charge on any atom is 0.356 e. The van der Waals surface area contributed by atoms with Crippen molar-refractivity contribution in [2.75, 3.05) is 0 Å². The summed E-state index contributed by atoms with van der Waals surface area (Å²) in [6.45, 7) is 0. The van der Waals surface area contributed by atoms with Crippen molar-refractivity contribution in [2.24, 2.45) is 0 Å². The van der Waals surface area contributed by atoms with Gasteiger partial charge in [0.05, 0.1) is 10.7 Å². The van der Waals surface area contributed by atoms with Crippen LogP contribution in [0, 0.1) is 0 Å². The van der Waals surface area contributed by atoms with Gasteiger partial charge < -0.3 is 5.11 Å². The summed E-state index contributed by atoms with van der Waals surface area (Å²) in [7, 11) is 0. The number of benzene rings is 1. The fraction of sp³-hybridized carbons (Fsp3) is 0. The van der Waals surface area contributed by atoms with Crippen LogP contribution in [0.25, 0.3) is 16.2 Å². The minimum absolute atomic E-state index is 0.0122. The molecular formula is C12H6Cl2N2O2S. The van der Waals surface area contributed by atoms with E-state index < -0.39 is 5.97 Å². The average molecular weight is 313 g/mol. The number of rotatable bonds is 2. The Bertz CT molecular complexity index is 794. The van der Waals surface area contributed by atoms with Crippen molar-refractivity contribution in [2.45, 2.75) is 0 Å². The summed E-state index contributed by atoms with van der Waals surface area (Å²) in [6.07, 6.45) is 1.48. The lowest BCUT2D eigenvalue weighted by Crippen LogP contribution is -1.95. The van der Waals surface area contributed by atoms with Crippen LogP contribution < -0.4 is 0 Å². The van der Waals surface area contributed by atoms with Crippen molar-refractivity contribution in [3.8, 4) is 11.3 Å². The zero-order chi connectivity index (χ0) is 13.6. The molecule has 0 saturated heterocycles. The Hall–Kier alpha value is -1.56. The molecule has 96 valence electrons. The number of carboxylic acid groups (broad SMARTS) is 1. The van der Waals surface area contributed by atoms with Gasteiger partial charge in [-0.05, 0) is 18.2 Å². The molecule has 0 aliphatic rings. The molecule has 7 heteroatoms. The van der Waals surface area contributed by atoms with E-state index in [1.807, 2.05) is 5.38 Å². The number of imidazole rings is 1. The molecule has 0 aliphatic heterocycles. The number of nitrogens with zero attached hydrogens (tertiary/aromatic N) is 2. The minimum Gasteiger partial charge on any atom is -0.476 e. The van der Waals surface area contributed by atoms with Gasteiger partial charge in [-0.25, -0.2) is 9.78 Å². The first kappa shape index (κ1) is 12.5. The molecule has 0 saturated carbocycles. The predicted octanol–water partition coefficient (Wildman–Crippen LogP) is 4.07. The van der Waals surface area contributed by atoms with Gasteiger partial charge in [-0.15, -0.1) is 11.3 Å². The number of hydrogen-bond acceptors (Lipinski definition) is 3. The van der Waals surface area contributed by atoms with Crippen LogP contribution in [0.15, 0.2) is 29.8 Å². The summed E-state index contributed by atoms with van der Waals surface area (Å²) >= 11 is 13.4. The second-order valence-corrected chi connectivity index (χ2v) is 5.51. The number of halogens is 2. The van der Waals surface area contributed by atoms with Crippen molar-refractivity contribution in [3.05, 3.63) is 45.5 Å². The second kappa shape index (κ2) is 4.52. The first-order valence-electron chi connectivity index (χ1n) is 5.21. The fourth-order valence-electron chi connectivity index (χ4n) is 1.78. The van der Waals surface area contributed by atoms with Gasteiger partial charge in [-0.3, -0.25) is 4.40 Å². The quantitative estimate of drug-likeness (QED) is 0.776. The molecule has 0 bridgehead atoms. The summed E-state index contributed by atoms with van der Waals surface area (Å²) in [5, 5.41) is 11.9. The second-order valence-electron chi connectivity index (χ2n) is 3.83. The van der Waals surface area contributed by atoms with E-state index in [2.05, 4.69) is 4.98 Å². The van der Waals surface area contributed by atoms with E-state index in [4.69, 9.17) is 28.3 Å². The lowest BCUT2D eigenvalue weighted by atomic mass is 10.2. The Morgan fingerprint density at radius 1 is 1.37 bits per heavy atom. The molecule has 3 aromatic rings. The lowest BCUT2D eigenvalue weighted by molar-refractivity contribution is 0.0691. The Kier molecular flexibility index (Phi) is 2.97. The average Bonchev–Trinajstić information content (AvgIpc) is 2.89. The molecule has 0 spiro atoms. The highest BCUT2D eigenvalue weighted by molar-refractivity contribution is 7.15. The molecule has 4 nitrogen and oxygen atoms in total. The summed E-state index contributed by atoms with van der Waals surface area (Å²) in [5.41, 5.74) is 1.59. The molecule has 0 amide bonds. The van der Waals surface area contributed by atoms with Crippen molar-refractivity contribution in [1.29, 1.82) is 0 Å². The number of fused-ring (bicyclic) bond motifs is 1. The van der Waals surface area contributed by atoms with Crippen LogP contribution in [0.5, 0.6) is 0 Å². The number of hydrogen-bond donors (Lipinski definition) is 1. The van der Waals surface area contributed by atoms with E-state index in [1.54, 1.807) is 22.6 Å². The van der Waals surface area contributed by atoms with Crippen LogP contribution in [0.2, 0.25) is 10.0 Å². The molecule has 0 fully saturated rings. The molecule has 2 heterocycles. The molecule has 3 rings (SSSR count). The molecule has 0 atom stereocenters. The smallest absolute Gasteiger partial charge is 0.356 e. The molecule has 2 aromatic heterocycles. The number of aromatic nitrogens is 2.